The van der Waals surface area contributed by atoms with Crippen LogP contribution in [0.4, 0.5) is 0 Å². The molecular formula is C13H27N3O. The molecule has 1 amide bonds. The molecule has 4 nitrogen and oxygen atoms in total. The zero-order chi connectivity index (χ0) is 12.7. The Kier molecular flexibility index (Phi) is 6.52. The zero-order valence-electron chi connectivity index (χ0n) is 11.5. The molecule has 0 atom stereocenters. The van der Waals surface area contributed by atoms with E-state index in [1.807, 2.05) is 0 Å². The molecule has 0 heterocycles. The fourth-order valence-electron chi connectivity index (χ4n) is 1.58. The molecule has 0 bridgehead atoms. The lowest BCUT2D eigenvalue weighted by Gasteiger charge is -2.20. The highest BCUT2D eigenvalue weighted by Crippen LogP contribution is 2.18. The molecule has 4 heteroatoms. The molecule has 2 N–H and O–H groups in total. The van der Waals surface area contributed by atoms with E-state index in [1.54, 1.807) is 0 Å². The Morgan fingerprint density at radius 2 is 2.06 bits per heavy atom. The second kappa shape index (κ2) is 7.67. The van der Waals surface area contributed by atoms with E-state index in [2.05, 4.69) is 36.4 Å². The van der Waals surface area contributed by atoms with Gasteiger partial charge in [0, 0.05) is 31.6 Å². The SMILES string of the molecule is CC(C)N(C)CCCNC(=O)CCNC1CC1. The number of amides is 1. The highest BCUT2D eigenvalue weighted by atomic mass is 16.1. The third kappa shape index (κ3) is 7.34. The molecule has 100 valence electrons. The van der Waals surface area contributed by atoms with Gasteiger partial charge in [-0.3, -0.25) is 4.79 Å². The van der Waals surface area contributed by atoms with E-state index in [4.69, 9.17) is 0 Å². The van der Waals surface area contributed by atoms with Crippen molar-refractivity contribution in [3.63, 3.8) is 0 Å². The molecule has 17 heavy (non-hydrogen) atoms. The summed E-state index contributed by atoms with van der Waals surface area (Å²) in [4.78, 5) is 13.8. The maximum atomic E-state index is 11.5. The predicted molar refractivity (Wildman–Crippen MR) is 71.0 cm³/mol. The molecule has 0 saturated heterocycles. The van der Waals surface area contributed by atoms with Gasteiger partial charge in [-0.2, -0.15) is 0 Å². The third-order valence-electron chi connectivity index (χ3n) is 3.25. The first-order valence-electron chi connectivity index (χ1n) is 6.80. The molecule has 1 fully saturated rings. The molecule has 0 spiro atoms. The summed E-state index contributed by atoms with van der Waals surface area (Å²) in [5.74, 6) is 0.172. The fourth-order valence-corrected chi connectivity index (χ4v) is 1.58. The van der Waals surface area contributed by atoms with Crippen LogP contribution in [0.1, 0.15) is 39.5 Å². The summed E-state index contributed by atoms with van der Waals surface area (Å²) < 4.78 is 0. The van der Waals surface area contributed by atoms with E-state index in [1.165, 1.54) is 12.8 Å². The average molecular weight is 241 g/mol. The van der Waals surface area contributed by atoms with Crippen molar-refractivity contribution in [2.75, 3.05) is 26.7 Å². The van der Waals surface area contributed by atoms with E-state index in [-0.39, 0.29) is 5.91 Å². The van der Waals surface area contributed by atoms with Gasteiger partial charge in [0.05, 0.1) is 0 Å². The topological polar surface area (TPSA) is 44.4 Å². The van der Waals surface area contributed by atoms with Crippen molar-refractivity contribution in [3.05, 3.63) is 0 Å². The number of nitrogens with one attached hydrogen (secondary N) is 2. The van der Waals surface area contributed by atoms with Crippen LogP contribution in [0.15, 0.2) is 0 Å². The summed E-state index contributed by atoms with van der Waals surface area (Å²) in [6, 6.07) is 1.27. The predicted octanol–water partition coefficient (Wildman–Crippen LogP) is 0.975. The first-order chi connectivity index (χ1) is 8.09. The zero-order valence-corrected chi connectivity index (χ0v) is 11.5. The van der Waals surface area contributed by atoms with Gasteiger partial charge in [-0.05, 0) is 46.7 Å². The van der Waals surface area contributed by atoms with Gasteiger partial charge in [0.1, 0.15) is 0 Å². The number of carbonyl (C=O) groups is 1. The van der Waals surface area contributed by atoms with Crippen LogP contribution in [-0.2, 0) is 4.79 Å². The van der Waals surface area contributed by atoms with Crippen LogP contribution in [0, 0.1) is 0 Å². The molecule has 1 saturated carbocycles. The Hall–Kier alpha value is -0.610. The molecular weight excluding hydrogens is 214 g/mol. The maximum absolute atomic E-state index is 11.5. The number of nitrogens with zero attached hydrogens (tertiary/aromatic N) is 1. The van der Waals surface area contributed by atoms with Crippen molar-refractivity contribution >= 4 is 5.91 Å². The first-order valence-corrected chi connectivity index (χ1v) is 6.80. The van der Waals surface area contributed by atoms with E-state index < -0.39 is 0 Å². The van der Waals surface area contributed by atoms with Crippen LogP contribution in [0.25, 0.3) is 0 Å². The van der Waals surface area contributed by atoms with E-state index in [0.717, 1.165) is 26.1 Å². The minimum Gasteiger partial charge on any atom is -0.356 e. The number of hydrogen-bond donors (Lipinski definition) is 2. The van der Waals surface area contributed by atoms with Gasteiger partial charge >= 0.3 is 0 Å². The normalized spacial score (nSPS) is 15.6. The van der Waals surface area contributed by atoms with Gasteiger partial charge in [0.25, 0.3) is 0 Å². The molecule has 0 aromatic carbocycles. The van der Waals surface area contributed by atoms with Crippen LogP contribution in [0.5, 0.6) is 0 Å². The quantitative estimate of drug-likeness (QED) is 0.591. The number of carbonyl (C=O) groups excluding carboxylic acids is 1. The number of rotatable bonds is 9. The fraction of sp³-hybridized carbons (Fsp3) is 0.923. The molecule has 0 aromatic rings. The van der Waals surface area contributed by atoms with Gasteiger partial charge in [-0.15, -0.1) is 0 Å². The molecule has 0 radical (unpaired) electrons. The lowest BCUT2D eigenvalue weighted by Crippen LogP contribution is -2.32. The molecule has 0 unspecified atom stereocenters. The number of hydrogen-bond acceptors (Lipinski definition) is 3. The Morgan fingerprint density at radius 3 is 2.65 bits per heavy atom. The molecule has 0 aromatic heterocycles. The van der Waals surface area contributed by atoms with Crippen molar-refractivity contribution in [2.24, 2.45) is 0 Å². The summed E-state index contributed by atoms with van der Waals surface area (Å²) in [5, 5.41) is 6.31. The van der Waals surface area contributed by atoms with Gasteiger partial charge in [-0.1, -0.05) is 0 Å². The standard InChI is InChI=1S/C13H27N3O/c1-11(2)16(3)10-4-8-15-13(17)7-9-14-12-5-6-12/h11-12,14H,4-10H2,1-3H3,(H,15,17). The summed E-state index contributed by atoms with van der Waals surface area (Å²) in [5.41, 5.74) is 0. The molecule has 1 aliphatic rings. The van der Waals surface area contributed by atoms with Crippen LogP contribution in [-0.4, -0.2) is 49.6 Å². The highest BCUT2D eigenvalue weighted by molar-refractivity contribution is 5.75. The van der Waals surface area contributed by atoms with E-state index in [9.17, 15) is 4.79 Å². The lowest BCUT2D eigenvalue weighted by molar-refractivity contribution is -0.121. The lowest BCUT2D eigenvalue weighted by atomic mass is 10.3. The van der Waals surface area contributed by atoms with Gasteiger partial charge in [0.2, 0.25) is 5.91 Å². The highest BCUT2D eigenvalue weighted by Gasteiger charge is 2.19. The summed E-state index contributed by atoms with van der Waals surface area (Å²) >= 11 is 0. The Balaban J connectivity index is 1.88. The van der Waals surface area contributed by atoms with Crippen molar-refractivity contribution in [3.8, 4) is 0 Å². The Bertz CT molecular complexity index is 227. The maximum Gasteiger partial charge on any atom is 0.221 e. The molecule has 0 aliphatic heterocycles. The Labute approximate surface area is 105 Å². The summed E-state index contributed by atoms with van der Waals surface area (Å²) in [6.45, 7) is 7.02. The monoisotopic (exact) mass is 241 g/mol. The molecule has 1 rings (SSSR count). The average Bonchev–Trinajstić information content (AvgIpc) is 3.08. The van der Waals surface area contributed by atoms with Crippen molar-refractivity contribution in [1.29, 1.82) is 0 Å². The van der Waals surface area contributed by atoms with Crippen molar-refractivity contribution in [1.82, 2.24) is 15.5 Å². The van der Waals surface area contributed by atoms with Crippen LogP contribution < -0.4 is 10.6 Å². The summed E-state index contributed by atoms with van der Waals surface area (Å²) in [7, 11) is 2.12. The van der Waals surface area contributed by atoms with Gasteiger partial charge in [0.15, 0.2) is 0 Å². The smallest absolute Gasteiger partial charge is 0.221 e. The largest absolute Gasteiger partial charge is 0.356 e. The van der Waals surface area contributed by atoms with Crippen LogP contribution in [0.3, 0.4) is 0 Å². The van der Waals surface area contributed by atoms with Gasteiger partial charge in [-0.25, -0.2) is 0 Å². The van der Waals surface area contributed by atoms with Crippen molar-refractivity contribution in [2.45, 2.75) is 51.6 Å². The summed E-state index contributed by atoms with van der Waals surface area (Å²) in [6.07, 6.45) is 4.19. The third-order valence-corrected chi connectivity index (χ3v) is 3.25. The minimum atomic E-state index is 0.172. The van der Waals surface area contributed by atoms with Crippen LogP contribution in [0.2, 0.25) is 0 Å². The van der Waals surface area contributed by atoms with Crippen molar-refractivity contribution < 1.29 is 4.79 Å². The Morgan fingerprint density at radius 1 is 1.35 bits per heavy atom. The van der Waals surface area contributed by atoms with Gasteiger partial charge < -0.3 is 15.5 Å². The van der Waals surface area contributed by atoms with Crippen LogP contribution >= 0.6 is 0 Å². The van der Waals surface area contributed by atoms with E-state index in [0.29, 0.717) is 18.5 Å². The van der Waals surface area contributed by atoms with E-state index >= 15 is 0 Å². The minimum absolute atomic E-state index is 0.172. The second-order valence-corrected chi connectivity index (χ2v) is 5.26. The molecule has 1 aliphatic carbocycles. The first kappa shape index (κ1) is 14.5. The second-order valence-electron chi connectivity index (χ2n) is 5.26.